The molecular weight excluding hydrogens is 419 g/mol. The first-order chi connectivity index (χ1) is 16.0. The zero-order valence-corrected chi connectivity index (χ0v) is 19.0. The number of likely N-dealkylation sites (N-methyl/N-ethyl adjacent to an activating group) is 1. The van der Waals surface area contributed by atoms with E-state index >= 15 is 0 Å². The van der Waals surface area contributed by atoms with Crippen molar-refractivity contribution in [2.45, 2.75) is 50.4 Å². The van der Waals surface area contributed by atoms with Crippen LogP contribution in [0.4, 0.5) is 10.1 Å². The normalized spacial score (nSPS) is 25.5. The average molecular weight is 451 g/mol. The van der Waals surface area contributed by atoms with Gasteiger partial charge in [-0.2, -0.15) is 0 Å². The van der Waals surface area contributed by atoms with Crippen LogP contribution < -0.4 is 10.2 Å². The van der Waals surface area contributed by atoms with E-state index in [1.165, 1.54) is 17.7 Å². The third-order valence-electron chi connectivity index (χ3n) is 7.53. The second-order valence-electron chi connectivity index (χ2n) is 9.43. The van der Waals surface area contributed by atoms with Crippen LogP contribution in [-0.2, 0) is 22.6 Å². The van der Waals surface area contributed by atoms with Crippen LogP contribution in [0.2, 0.25) is 0 Å². The van der Waals surface area contributed by atoms with Crippen LogP contribution in [0.1, 0.15) is 30.4 Å². The van der Waals surface area contributed by atoms with Gasteiger partial charge in [0.2, 0.25) is 11.8 Å². The lowest BCUT2D eigenvalue weighted by Gasteiger charge is -2.33. The largest absolute Gasteiger partial charge is 0.353 e. The molecular formula is C26H31FN4O2. The Balaban J connectivity index is 1.22. The summed E-state index contributed by atoms with van der Waals surface area (Å²) in [5.41, 5.74) is 3.28. The molecule has 3 aliphatic heterocycles. The second-order valence-corrected chi connectivity index (χ2v) is 9.43. The summed E-state index contributed by atoms with van der Waals surface area (Å²) in [5.74, 6) is -0.0432. The van der Waals surface area contributed by atoms with Gasteiger partial charge < -0.3 is 10.2 Å². The fourth-order valence-corrected chi connectivity index (χ4v) is 5.67. The van der Waals surface area contributed by atoms with E-state index in [2.05, 4.69) is 28.2 Å². The van der Waals surface area contributed by atoms with Crippen molar-refractivity contribution in [3.8, 4) is 0 Å². The first-order valence-electron chi connectivity index (χ1n) is 11.9. The van der Waals surface area contributed by atoms with Gasteiger partial charge in [0.05, 0.1) is 0 Å². The summed E-state index contributed by atoms with van der Waals surface area (Å²) >= 11 is 0. The van der Waals surface area contributed by atoms with Crippen LogP contribution in [-0.4, -0.2) is 66.4 Å². The van der Waals surface area contributed by atoms with E-state index in [1.54, 1.807) is 12.1 Å². The molecule has 3 aliphatic rings. The zero-order valence-electron chi connectivity index (χ0n) is 19.0. The van der Waals surface area contributed by atoms with Crippen LogP contribution in [0.25, 0.3) is 0 Å². The highest BCUT2D eigenvalue weighted by Crippen LogP contribution is 2.30. The highest BCUT2D eigenvalue weighted by molar-refractivity contribution is 5.95. The molecule has 3 heterocycles. The van der Waals surface area contributed by atoms with Crippen LogP contribution in [0.3, 0.4) is 0 Å². The minimum atomic E-state index is -0.250. The molecule has 2 fully saturated rings. The van der Waals surface area contributed by atoms with E-state index in [1.807, 2.05) is 23.1 Å². The van der Waals surface area contributed by atoms with Gasteiger partial charge in [-0.1, -0.05) is 30.3 Å². The van der Waals surface area contributed by atoms with E-state index in [0.717, 1.165) is 43.6 Å². The Labute approximate surface area is 194 Å². The maximum absolute atomic E-state index is 13.3. The smallest absolute Gasteiger partial charge is 0.239 e. The molecule has 0 bridgehead atoms. The second kappa shape index (κ2) is 9.23. The highest BCUT2D eigenvalue weighted by Gasteiger charge is 2.45. The Morgan fingerprint density at radius 2 is 1.91 bits per heavy atom. The van der Waals surface area contributed by atoms with Crippen LogP contribution in [0, 0.1) is 5.82 Å². The standard InChI is InChI=1S/C26H31FN4O2/c1-29-21(10-11-24(32)31-15-12-19-4-2-3-5-22(19)31)16-28-26(33)25-23(29)13-14-30(25)17-18-6-8-20(27)9-7-18/h2-9,21,23,25H,10-17H2,1H3,(H,28,33). The van der Waals surface area contributed by atoms with Crippen LogP contribution in [0.5, 0.6) is 0 Å². The number of para-hydroxylation sites is 1. The predicted octanol–water partition coefficient (Wildman–Crippen LogP) is 2.57. The fraction of sp³-hybridized carbons (Fsp3) is 0.462. The SMILES string of the molecule is CN1C(CCC(=O)N2CCc3ccccc32)CNC(=O)C2C1CCN2Cc1ccc(F)cc1. The lowest BCUT2D eigenvalue weighted by atomic mass is 10.0. The molecule has 2 aromatic carbocycles. The molecule has 174 valence electrons. The topological polar surface area (TPSA) is 55.9 Å². The molecule has 33 heavy (non-hydrogen) atoms. The number of amides is 2. The number of carbonyl (C=O) groups excluding carboxylic acids is 2. The van der Waals surface area contributed by atoms with E-state index in [4.69, 9.17) is 0 Å². The fourth-order valence-electron chi connectivity index (χ4n) is 5.67. The Hall–Kier alpha value is -2.77. The molecule has 0 aromatic heterocycles. The number of fused-ring (bicyclic) bond motifs is 2. The van der Waals surface area contributed by atoms with Gasteiger partial charge in [-0.05, 0) is 55.6 Å². The number of benzene rings is 2. The number of nitrogens with zero attached hydrogens (tertiary/aromatic N) is 3. The summed E-state index contributed by atoms with van der Waals surface area (Å²) in [5, 5.41) is 3.12. The van der Waals surface area contributed by atoms with Gasteiger partial charge in [0.15, 0.2) is 0 Å². The molecule has 0 saturated carbocycles. The first-order valence-corrected chi connectivity index (χ1v) is 11.9. The molecule has 0 spiro atoms. The number of anilines is 1. The number of nitrogens with one attached hydrogen (secondary N) is 1. The minimum absolute atomic E-state index is 0.0498. The third-order valence-corrected chi connectivity index (χ3v) is 7.53. The molecule has 2 amide bonds. The van der Waals surface area contributed by atoms with Gasteiger partial charge in [0.25, 0.3) is 0 Å². The van der Waals surface area contributed by atoms with Crippen molar-refractivity contribution in [3.63, 3.8) is 0 Å². The molecule has 0 aliphatic carbocycles. The monoisotopic (exact) mass is 450 g/mol. The summed E-state index contributed by atoms with van der Waals surface area (Å²) in [7, 11) is 2.08. The highest BCUT2D eigenvalue weighted by atomic mass is 19.1. The van der Waals surface area contributed by atoms with E-state index < -0.39 is 0 Å². The van der Waals surface area contributed by atoms with Crippen molar-refractivity contribution in [2.24, 2.45) is 0 Å². The molecule has 2 aromatic rings. The van der Waals surface area contributed by atoms with Gasteiger partial charge in [0, 0.05) is 50.4 Å². The van der Waals surface area contributed by atoms with E-state index in [0.29, 0.717) is 19.5 Å². The Bertz CT molecular complexity index is 1030. The molecule has 1 N–H and O–H groups in total. The number of halogens is 1. The minimum Gasteiger partial charge on any atom is -0.353 e. The summed E-state index contributed by atoms with van der Waals surface area (Å²) in [4.78, 5) is 32.4. The van der Waals surface area contributed by atoms with Gasteiger partial charge in [-0.25, -0.2) is 4.39 Å². The quantitative estimate of drug-likeness (QED) is 0.761. The summed E-state index contributed by atoms with van der Waals surface area (Å²) in [6.45, 7) is 2.75. The molecule has 0 radical (unpaired) electrons. The summed E-state index contributed by atoms with van der Waals surface area (Å²) in [6, 6.07) is 14.6. The number of carbonyl (C=O) groups is 2. The average Bonchev–Trinajstić information content (AvgIpc) is 3.41. The lowest BCUT2D eigenvalue weighted by Crippen LogP contribution is -2.49. The van der Waals surface area contributed by atoms with Crippen molar-refractivity contribution < 1.29 is 14.0 Å². The molecule has 2 saturated heterocycles. The maximum atomic E-state index is 13.3. The number of hydrogen-bond donors (Lipinski definition) is 1. The molecule has 3 unspecified atom stereocenters. The van der Waals surface area contributed by atoms with Gasteiger partial charge in [0.1, 0.15) is 11.9 Å². The Morgan fingerprint density at radius 1 is 1.12 bits per heavy atom. The molecule has 3 atom stereocenters. The van der Waals surface area contributed by atoms with E-state index in [-0.39, 0.29) is 35.8 Å². The molecule has 5 rings (SSSR count). The first kappa shape index (κ1) is 22.0. The van der Waals surface area contributed by atoms with Crippen molar-refractivity contribution >= 4 is 17.5 Å². The maximum Gasteiger partial charge on any atom is 0.239 e. The zero-order chi connectivity index (χ0) is 22.9. The lowest BCUT2D eigenvalue weighted by molar-refractivity contribution is -0.126. The Kier molecular flexibility index (Phi) is 6.17. The third kappa shape index (κ3) is 4.39. The summed E-state index contributed by atoms with van der Waals surface area (Å²) < 4.78 is 13.3. The van der Waals surface area contributed by atoms with Crippen molar-refractivity contribution in [2.75, 3.05) is 31.6 Å². The van der Waals surface area contributed by atoms with Crippen molar-refractivity contribution in [1.29, 1.82) is 0 Å². The number of rotatable bonds is 5. The molecule has 7 heteroatoms. The number of hydrogen-bond acceptors (Lipinski definition) is 4. The van der Waals surface area contributed by atoms with Crippen LogP contribution >= 0.6 is 0 Å². The van der Waals surface area contributed by atoms with Crippen LogP contribution in [0.15, 0.2) is 48.5 Å². The van der Waals surface area contributed by atoms with Crippen molar-refractivity contribution in [1.82, 2.24) is 15.1 Å². The van der Waals surface area contributed by atoms with Gasteiger partial charge >= 0.3 is 0 Å². The van der Waals surface area contributed by atoms with Crippen molar-refractivity contribution in [3.05, 3.63) is 65.5 Å². The predicted molar refractivity (Wildman–Crippen MR) is 125 cm³/mol. The Morgan fingerprint density at radius 3 is 2.73 bits per heavy atom. The summed E-state index contributed by atoms with van der Waals surface area (Å²) in [6.07, 6.45) is 3.00. The van der Waals surface area contributed by atoms with E-state index in [9.17, 15) is 14.0 Å². The number of likely N-dealkylation sites (tertiary alicyclic amines) is 1. The van der Waals surface area contributed by atoms with Gasteiger partial charge in [-0.15, -0.1) is 0 Å². The van der Waals surface area contributed by atoms with Gasteiger partial charge in [-0.3, -0.25) is 19.4 Å². The molecule has 6 nitrogen and oxygen atoms in total.